The van der Waals surface area contributed by atoms with Crippen LogP contribution in [0.25, 0.3) is 0 Å². The van der Waals surface area contributed by atoms with Gasteiger partial charge in [-0.05, 0) is 75.8 Å². The van der Waals surface area contributed by atoms with Crippen molar-refractivity contribution < 1.29 is 4.79 Å². The van der Waals surface area contributed by atoms with Crippen molar-refractivity contribution in [2.45, 2.75) is 39.5 Å². The molecule has 138 valence electrons. The summed E-state index contributed by atoms with van der Waals surface area (Å²) in [6.45, 7) is 11.0. The molecule has 0 amide bonds. The summed E-state index contributed by atoms with van der Waals surface area (Å²) in [5, 5.41) is 0. The molecule has 2 aliphatic heterocycles. The topological polar surface area (TPSA) is 36.4 Å². The van der Waals surface area contributed by atoms with Gasteiger partial charge in [-0.2, -0.15) is 0 Å². The van der Waals surface area contributed by atoms with Crippen LogP contribution in [0, 0.1) is 17.8 Å². The third-order valence-electron chi connectivity index (χ3n) is 6.03. The highest BCUT2D eigenvalue weighted by molar-refractivity contribution is 5.97. The maximum Gasteiger partial charge on any atom is 0.170 e. The van der Waals surface area contributed by atoms with Gasteiger partial charge in [0.25, 0.3) is 0 Å². The minimum Gasteiger partial charge on any atom is -0.303 e. The molecule has 0 aliphatic carbocycles. The molecule has 0 radical (unpaired) electrons. The van der Waals surface area contributed by atoms with E-state index in [4.69, 9.17) is 0 Å². The molecule has 0 N–H and O–H groups in total. The van der Waals surface area contributed by atoms with E-state index >= 15 is 0 Å². The van der Waals surface area contributed by atoms with Gasteiger partial charge in [0.2, 0.25) is 0 Å². The molecule has 1 aromatic rings. The van der Waals surface area contributed by atoms with Crippen LogP contribution < -0.4 is 0 Å². The van der Waals surface area contributed by atoms with E-state index in [1.54, 1.807) is 12.4 Å². The van der Waals surface area contributed by atoms with E-state index in [1.165, 1.54) is 25.7 Å². The first-order chi connectivity index (χ1) is 12.1. The van der Waals surface area contributed by atoms with E-state index in [1.807, 2.05) is 12.1 Å². The summed E-state index contributed by atoms with van der Waals surface area (Å²) < 4.78 is 0. The molecule has 1 aromatic heterocycles. The first kappa shape index (κ1) is 18.5. The third-order valence-corrected chi connectivity index (χ3v) is 6.03. The number of nitrogens with zero attached hydrogens (tertiary/aromatic N) is 3. The van der Waals surface area contributed by atoms with E-state index in [0.717, 1.165) is 56.7 Å². The normalized spacial score (nSPS) is 21.7. The molecule has 2 fully saturated rings. The Morgan fingerprint density at radius 3 is 2.00 bits per heavy atom. The molecular weight excluding hydrogens is 310 g/mol. The molecule has 0 spiro atoms. The smallest absolute Gasteiger partial charge is 0.170 e. The molecule has 0 aromatic carbocycles. The standard InChI is InChI=1S/C21H33N3O/c1-17-5-10-23(11-6-17)15-20(16-24-12-7-18(2)8-13-24)21(25)19-4-3-9-22-14-19/h3-4,9,14,17-18,20H,5-8,10-13,15-16H2,1-2H3. The Labute approximate surface area is 152 Å². The summed E-state index contributed by atoms with van der Waals surface area (Å²) in [5.74, 6) is 1.98. The van der Waals surface area contributed by atoms with Gasteiger partial charge in [-0.25, -0.2) is 0 Å². The predicted octanol–water partition coefficient (Wildman–Crippen LogP) is 3.34. The fraction of sp³-hybridized carbons (Fsp3) is 0.714. The molecule has 0 unspecified atom stereocenters. The van der Waals surface area contributed by atoms with Gasteiger partial charge in [-0.3, -0.25) is 9.78 Å². The van der Waals surface area contributed by atoms with Crippen LogP contribution in [0.1, 0.15) is 49.9 Å². The zero-order valence-electron chi connectivity index (χ0n) is 15.9. The maximum atomic E-state index is 13.1. The van der Waals surface area contributed by atoms with Crippen molar-refractivity contribution in [1.82, 2.24) is 14.8 Å². The van der Waals surface area contributed by atoms with Gasteiger partial charge in [-0.15, -0.1) is 0 Å². The number of aromatic nitrogens is 1. The lowest BCUT2D eigenvalue weighted by atomic mass is 9.93. The van der Waals surface area contributed by atoms with Gasteiger partial charge >= 0.3 is 0 Å². The Hall–Kier alpha value is -1.26. The van der Waals surface area contributed by atoms with Crippen LogP contribution in [-0.2, 0) is 0 Å². The van der Waals surface area contributed by atoms with Crippen molar-refractivity contribution >= 4 is 5.78 Å². The van der Waals surface area contributed by atoms with Gasteiger partial charge in [0, 0.05) is 37.0 Å². The number of carbonyl (C=O) groups excluding carboxylic acids is 1. The quantitative estimate of drug-likeness (QED) is 0.742. The van der Waals surface area contributed by atoms with Crippen molar-refractivity contribution in [3.05, 3.63) is 30.1 Å². The van der Waals surface area contributed by atoms with E-state index in [2.05, 4.69) is 28.6 Å². The highest BCUT2D eigenvalue weighted by Gasteiger charge is 2.28. The Morgan fingerprint density at radius 1 is 1.04 bits per heavy atom. The Bertz CT molecular complexity index is 507. The summed E-state index contributed by atoms with van der Waals surface area (Å²) in [7, 11) is 0. The van der Waals surface area contributed by atoms with E-state index < -0.39 is 0 Å². The predicted molar refractivity (Wildman–Crippen MR) is 102 cm³/mol. The van der Waals surface area contributed by atoms with Crippen molar-refractivity contribution in [1.29, 1.82) is 0 Å². The van der Waals surface area contributed by atoms with Crippen molar-refractivity contribution in [3.63, 3.8) is 0 Å². The second-order valence-corrected chi connectivity index (χ2v) is 8.27. The fourth-order valence-corrected chi connectivity index (χ4v) is 4.08. The van der Waals surface area contributed by atoms with Crippen molar-refractivity contribution in [2.24, 2.45) is 17.8 Å². The number of pyridine rings is 1. The number of hydrogen-bond acceptors (Lipinski definition) is 4. The molecule has 2 saturated heterocycles. The van der Waals surface area contributed by atoms with Crippen molar-refractivity contribution in [2.75, 3.05) is 39.3 Å². The minimum absolute atomic E-state index is 0.0611. The largest absolute Gasteiger partial charge is 0.303 e. The lowest BCUT2D eigenvalue weighted by Gasteiger charge is -2.36. The molecule has 4 heteroatoms. The summed E-state index contributed by atoms with van der Waals surface area (Å²) in [6.07, 6.45) is 8.50. The molecule has 3 rings (SSSR count). The molecule has 3 heterocycles. The lowest BCUT2D eigenvalue weighted by Crippen LogP contribution is -2.45. The zero-order chi connectivity index (χ0) is 17.6. The Kier molecular flexibility index (Phi) is 6.60. The van der Waals surface area contributed by atoms with Gasteiger partial charge < -0.3 is 9.80 Å². The second kappa shape index (κ2) is 8.91. The summed E-state index contributed by atoms with van der Waals surface area (Å²) in [4.78, 5) is 22.3. The molecule has 2 aliphatic rings. The van der Waals surface area contributed by atoms with E-state index in [-0.39, 0.29) is 11.7 Å². The summed E-state index contributed by atoms with van der Waals surface area (Å²) >= 11 is 0. The van der Waals surface area contributed by atoms with Crippen LogP contribution in [0.5, 0.6) is 0 Å². The van der Waals surface area contributed by atoms with Gasteiger partial charge in [0.15, 0.2) is 5.78 Å². The highest BCUT2D eigenvalue weighted by Crippen LogP contribution is 2.22. The van der Waals surface area contributed by atoms with Crippen LogP contribution in [0.3, 0.4) is 0 Å². The maximum absolute atomic E-state index is 13.1. The van der Waals surface area contributed by atoms with Crippen LogP contribution in [0.15, 0.2) is 24.5 Å². The van der Waals surface area contributed by atoms with Gasteiger partial charge in [-0.1, -0.05) is 13.8 Å². The van der Waals surface area contributed by atoms with Crippen LogP contribution in [0.2, 0.25) is 0 Å². The molecule has 25 heavy (non-hydrogen) atoms. The number of likely N-dealkylation sites (tertiary alicyclic amines) is 2. The highest BCUT2D eigenvalue weighted by atomic mass is 16.1. The SMILES string of the molecule is CC1CCN(CC(CN2CCC(C)CC2)C(=O)c2cccnc2)CC1. The number of carbonyl (C=O) groups is 1. The van der Waals surface area contributed by atoms with Gasteiger partial charge in [0.05, 0.1) is 0 Å². The number of rotatable bonds is 6. The van der Waals surface area contributed by atoms with Gasteiger partial charge in [0.1, 0.15) is 0 Å². The lowest BCUT2D eigenvalue weighted by molar-refractivity contribution is 0.0763. The third kappa shape index (κ3) is 5.35. The van der Waals surface area contributed by atoms with E-state index in [9.17, 15) is 4.79 Å². The fourth-order valence-electron chi connectivity index (χ4n) is 4.08. The van der Waals surface area contributed by atoms with Crippen LogP contribution >= 0.6 is 0 Å². The average molecular weight is 344 g/mol. The average Bonchev–Trinajstić information content (AvgIpc) is 2.65. The minimum atomic E-state index is 0.0611. The Morgan fingerprint density at radius 2 is 1.56 bits per heavy atom. The van der Waals surface area contributed by atoms with Crippen LogP contribution in [-0.4, -0.2) is 59.8 Å². The molecule has 0 saturated carbocycles. The van der Waals surface area contributed by atoms with Crippen molar-refractivity contribution in [3.8, 4) is 0 Å². The first-order valence-electron chi connectivity index (χ1n) is 10.0. The zero-order valence-corrected chi connectivity index (χ0v) is 15.9. The Balaban J connectivity index is 1.65. The summed E-state index contributed by atoms with van der Waals surface area (Å²) in [6, 6.07) is 3.79. The number of hydrogen-bond donors (Lipinski definition) is 0. The molecule has 0 bridgehead atoms. The monoisotopic (exact) mass is 343 g/mol. The molecule has 4 nitrogen and oxygen atoms in total. The number of Topliss-reactive ketones (excluding diaryl/α,β-unsaturated/α-hetero) is 1. The second-order valence-electron chi connectivity index (χ2n) is 8.27. The number of ketones is 1. The first-order valence-corrected chi connectivity index (χ1v) is 10.0. The van der Waals surface area contributed by atoms with E-state index in [0.29, 0.717) is 0 Å². The van der Waals surface area contributed by atoms with Crippen LogP contribution in [0.4, 0.5) is 0 Å². The molecule has 0 atom stereocenters. The molecular formula is C21H33N3O. The summed E-state index contributed by atoms with van der Waals surface area (Å²) in [5.41, 5.74) is 0.767. The number of piperidine rings is 2.